The Balaban J connectivity index is 2.14. The van der Waals surface area contributed by atoms with E-state index < -0.39 is 0 Å². The zero-order valence-corrected chi connectivity index (χ0v) is 11.5. The van der Waals surface area contributed by atoms with Crippen molar-refractivity contribution in [3.05, 3.63) is 52.0 Å². The smallest absolute Gasteiger partial charge is 0.124 e. The minimum absolute atomic E-state index is 0.0647. The Kier molecular flexibility index (Phi) is 3.77. The fraction of sp³-hybridized carbons (Fsp3) is 0.143. The molecule has 3 N–H and O–H groups in total. The van der Waals surface area contributed by atoms with Crippen molar-refractivity contribution in [2.75, 3.05) is 5.32 Å². The van der Waals surface area contributed by atoms with Crippen LogP contribution in [-0.4, -0.2) is 10.2 Å². The molecule has 0 spiro atoms. The zero-order valence-electron chi connectivity index (χ0n) is 9.94. The van der Waals surface area contributed by atoms with Crippen LogP contribution in [0.4, 0.5) is 5.69 Å². The Hall–Kier alpha value is -1.68. The molecule has 0 unspecified atom stereocenters. The van der Waals surface area contributed by atoms with E-state index in [1.54, 1.807) is 12.1 Å². The summed E-state index contributed by atoms with van der Waals surface area (Å²) in [6.45, 7) is 2.52. The molecule has 0 saturated heterocycles. The molecule has 0 aliphatic rings. The predicted molar refractivity (Wildman–Crippen MR) is 76.0 cm³/mol. The summed E-state index contributed by atoms with van der Waals surface area (Å²) in [6, 6.07) is 10.5. The van der Waals surface area contributed by atoms with Crippen LogP contribution in [0, 0.1) is 6.92 Å². The van der Waals surface area contributed by atoms with Gasteiger partial charge in [0, 0.05) is 28.3 Å². The van der Waals surface area contributed by atoms with Gasteiger partial charge in [-0.2, -0.15) is 0 Å². The second-order valence-electron chi connectivity index (χ2n) is 4.08. The molecule has 0 heterocycles. The van der Waals surface area contributed by atoms with Crippen molar-refractivity contribution in [2.24, 2.45) is 0 Å². The third-order valence-corrected chi connectivity index (χ3v) is 3.66. The highest BCUT2D eigenvalue weighted by Crippen LogP contribution is 2.26. The first-order chi connectivity index (χ1) is 8.58. The van der Waals surface area contributed by atoms with Crippen LogP contribution < -0.4 is 5.32 Å². The average Bonchev–Trinajstić information content (AvgIpc) is 2.33. The van der Waals surface area contributed by atoms with E-state index in [0.29, 0.717) is 6.54 Å². The van der Waals surface area contributed by atoms with Gasteiger partial charge in [-0.25, -0.2) is 0 Å². The number of hydrogen-bond donors (Lipinski definition) is 3. The van der Waals surface area contributed by atoms with E-state index in [2.05, 4.69) is 21.2 Å². The SMILES string of the molecule is Cc1c(Br)cccc1NCc1ccc(O)cc1O. The van der Waals surface area contributed by atoms with Crippen LogP contribution in [0.5, 0.6) is 11.5 Å². The number of hydrogen-bond acceptors (Lipinski definition) is 3. The standard InChI is InChI=1S/C14H14BrNO2/c1-9-12(15)3-2-4-13(9)16-8-10-5-6-11(17)7-14(10)18/h2-7,16-18H,8H2,1H3. The molecule has 0 aliphatic heterocycles. The van der Waals surface area contributed by atoms with Crippen LogP contribution in [-0.2, 0) is 6.54 Å². The molecule has 2 rings (SSSR count). The number of benzene rings is 2. The Morgan fingerprint density at radius 2 is 1.94 bits per heavy atom. The van der Waals surface area contributed by atoms with E-state index in [1.165, 1.54) is 6.07 Å². The lowest BCUT2D eigenvalue weighted by Crippen LogP contribution is -2.01. The van der Waals surface area contributed by atoms with Crippen LogP contribution in [0.2, 0.25) is 0 Å². The second kappa shape index (κ2) is 5.31. The quantitative estimate of drug-likeness (QED) is 0.809. The Morgan fingerprint density at radius 1 is 1.17 bits per heavy atom. The predicted octanol–water partition coefficient (Wildman–Crippen LogP) is 3.78. The van der Waals surface area contributed by atoms with Gasteiger partial charge in [-0.05, 0) is 36.8 Å². The number of phenols is 2. The molecule has 94 valence electrons. The van der Waals surface area contributed by atoms with Gasteiger partial charge in [-0.3, -0.25) is 0 Å². The number of phenolic OH excluding ortho intramolecular Hbond substituents is 2. The van der Waals surface area contributed by atoms with Crippen LogP contribution in [0.15, 0.2) is 40.9 Å². The van der Waals surface area contributed by atoms with Gasteiger partial charge < -0.3 is 15.5 Å². The third-order valence-electron chi connectivity index (χ3n) is 2.81. The molecule has 3 nitrogen and oxygen atoms in total. The van der Waals surface area contributed by atoms with Gasteiger partial charge >= 0.3 is 0 Å². The fourth-order valence-electron chi connectivity index (χ4n) is 1.69. The number of anilines is 1. The Morgan fingerprint density at radius 3 is 2.67 bits per heavy atom. The van der Waals surface area contributed by atoms with Crippen molar-refractivity contribution in [2.45, 2.75) is 13.5 Å². The molecule has 0 aliphatic carbocycles. The van der Waals surface area contributed by atoms with Gasteiger partial charge in [-0.15, -0.1) is 0 Å². The van der Waals surface area contributed by atoms with Gasteiger partial charge in [0.25, 0.3) is 0 Å². The molecule has 0 atom stereocenters. The molecule has 0 bridgehead atoms. The molecule has 0 saturated carbocycles. The lowest BCUT2D eigenvalue weighted by atomic mass is 10.1. The van der Waals surface area contributed by atoms with E-state index >= 15 is 0 Å². The highest BCUT2D eigenvalue weighted by molar-refractivity contribution is 9.10. The van der Waals surface area contributed by atoms with E-state index in [1.807, 2.05) is 25.1 Å². The monoisotopic (exact) mass is 307 g/mol. The summed E-state index contributed by atoms with van der Waals surface area (Å²) in [4.78, 5) is 0. The van der Waals surface area contributed by atoms with Crippen LogP contribution in [0.3, 0.4) is 0 Å². The third kappa shape index (κ3) is 2.76. The van der Waals surface area contributed by atoms with Crippen molar-refractivity contribution in [3.63, 3.8) is 0 Å². The molecular weight excluding hydrogens is 294 g/mol. The van der Waals surface area contributed by atoms with Gasteiger partial charge in [0.05, 0.1) is 0 Å². The topological polar surface area (TPSA) is 52.5 Å². The maximum Gasteiger partial charge on any atom is 0.124 e. The van der Waals surface area contributed by atoms with Crippen molar-refractivity contribution < 1.29 is 10.2 Å². The number of halogens is 1. The molecule has 0 amide bonds. The molecule has 0 fully saturated rings. The van der Waals surface area contributed by atoms with E-state index in [4.69, 9.17) is 0 Å². The normalized spacial score (nSPS) is 10.3. The largest absolute Gasteiger partial charge is 0.508 e. The van der Waals surface area contributed by atoms with Gasteiger partial charge in [0.1, 0.15) is 11.5 Å². The molecule has 4 heteroatoms. The summed E-state index contributed by atoms with van der Waals surface area (Å²) in [6.07, 6.45) is 0. The summed E-state index contributed by atoms with van der Waals surface area (Å²) >= 11 is 3.47. The summed E-state index contributed by atoms with van der Waals surface area (Å²) < 4.78 is 1.04. The molecule has 2 aromatic rings. The maximum atomic E-state index is 9.68. The number of rotatable bonds is 3. The first kappa shape index (κ1) is 12.8. The van der Waals surface area contributed by atoms with Gasteiger partial charge in [-0.1, -0.05) is 22.0 Å². The molecule has 2 aromatic carbocycles. The summed E-state index contributed by atoms with van der Waals surface area (Å²) in [5, 5.41) is 22.2. The molecule has 0 radical (unpaired) electrons. The molecule has 18 heavy (non-hydrogen) atoms. The second-order valence-corrected chi connectivity index (χ2v) is 4.93. The van der Waals surface area contributed by atoms with Crippen molar-refractivity contribution in [1.29, 1.82) is 0 Å². The zero-order chi connectivity index (χ0) is 13.1. The summed E-state index contributed by atoms with van der Waals surface area (Å²) in [5.74, 6) is 0.157. The highest BCUT2D eigenvalue weighted by Gasteiger charge is 2.04. The summed E-state index contributed by atoms with van der Waals surface area (Å²) in [5.41, 5.74) is 2.87. The maximum absolute atomic E-state index is 9.68. The van der Waals surface area contributed by atoms with Gasteiger partial charge in [0.2, 0.25) is 0 Å². The minimum Gasteiger partial charge on any atom is -0.508 e. The Labute approximate surface area is 114 Å². The van der Waals surface area contributed by atoms with E-state index in [0.717, 1.165) is 21.3 Å². The first-order valence-corrected chi connectivity index (χ1v) is 6.37. The Bertz CT molecular complexity index is 570. The van der Waals surface area contributed by atoms with Crippen molar-refractivity contribution in [1.82, 2.24) is 0 Å². The molecular formula is C14H14BrNO2. The lowest BCUT2D eigenvalue weighted by molar-refractivity contribution is 0.446. The van der Waals surface area contributed by atoms with Crippen LogP contribution >= 0.6 is 15.9 Å². The summed E-state index contributed by atoms with van der Waals surface area (Å²) in [7, 11) is 0. The minimum atomic E-state index is 0.0647. The number of nitrogens with one attached hydrogen (secondary N) is 1. The van der Waals surface area contributed by atoms with Crippen molar-refractivity contribution in [3.8, 4) is 11.5 Å². The first-order valence-electron chi connectivity index (χ1n) is 5.58. The van der Waals surface area contributed by atoms with Crippen LogP contribution in [0.25, 0.3) is 0 Å². The van der Waals surface area contributed by atoms with E-state index in [-0.39, 0.29) is 11.5 Å². The van der Waals surface area contributed by atoms with Gasteiger partial charge in [0.15, 0.2) is 0 Å². The number of aromatic hydroxyl groups is 2. The van der Waals surface area contributed by atoms with E-state index in [9.17, 15) is 10.2 Å². The van der Waals surface area contributed by atoms with Crippen molar-refractivity contribution >= 4 is 21.6 Å². The highest BCUT2D eigenvalue weighted by atomic mass is 79.9. The lowest BCUT2D eigenvalue weighted by Gasteiger charge is -2.11. The fourth-order valence-corrected chi connectivity index (χ4v) is 2.06. The van der Waals surface area contributed by atoms with Crippen LogP contribution in [0.1, 0.15) is 11.1 Å². The average molecular weight is 308 g/mol. The molecule has 0 aromatic heterocycles.